The standard InChI is InChI=1S/C3H9N3O2S2/c4-3(5)6-2(1-9)10(7)8/h2,9H,1H2,(H,7,8)(H4,4,5,6)/t2-/m1/s1. The van der Waals surface area contributed by atoms with Gasteiger partial charge in [0, 0.05) is 5.75 Å². The first-order valence-corrected chi connectivity index (χ1v) is 4.19. The summed E-state index contributed by atoms with van der Waals surface area (Å²) in [6, 6.07) is 0. The van der Waals surface area contributed by atoms with Crippen molar-refractivity contribution < 1.29 is 8.76 Å². The van der Waals surface area contributed by atoms with E-state index >= 15 is 0 Å². The Labute approximate surface area is 66.6 Å². The molecule has 0 spiro atoms. The maximum atomic E-state index is 10.3. The molecule has 0 aliphatic heterocycles. The zero-order valence-corrected chi connectivity index (χ0v) is 6.78. The van der Waals surface area contributed by atoms with E-state index in [4.69, 9.17) is 15.7 Å². The van der Waals surface area contributed by atoms with Gasteiger partial charge in [0.15, 0.2) is 17.0 Å². The average molecular weight is 183 g/mol. The number of nitrogens with one attached hydrogen (secondary N) is 2. The molecule has 5 nitrogen and oxygen atoms in total. The molecule has 0 rings (SSSR count). The average Bonchev–Trinajstić information content (AvgIpc) is 1.81. The van der Waals surface area contributed by atoms with Crippen molar-refractivity contribution in [1.29, 1.82) is 5.41 Å². The number of guanidine groups is 1. The predicted molar refractivity (Wildman–Crippen MR) is 43.5 cm³/mol. The zero-order chi connectivity index (χ0) is 8.15. The van der Waals surface area contributed by atoms with E-state index in [1.807, 2.05) is 0 Å². The molecule has 7 heteroatoms. The molecule has 0 radical (unpaired) electrons. The summed E-state index contributed by atoms with van der Waals surface area (Å²) in [5, 5.41) is 8.21. The summed E-state index contributed by atoms with van der Waals surface area (Å²) in [5.41, 5.74) is 4.90. The fourth-order valence-electron chi connectivity index (χ4n) is 0.333. The van der Waals surface area contributed by atoms with E-state index in [9.17, 15) is 4.21 Å². The lowest BCUT2D eigenvalue weighted by molar-refractivity contribution is 0.547. The zero-order valence-electron chi connectivity index (χ0n) is 5.07. The van der Waals surface area contributed by atoms with Gasteiger partial charge < -0.3 is 15.6 Å². The highest BCUT2D eigenvalue weighted by Gasteiger charge is 2.11. The number of hydrogen-bond donors (Lipinski definition) is 5. The number of nitrogens with two attached hydrogens (primary N) is 1. The van der Waals surface area contributed by atoms with Crippen LogP contribution >= 0.6 is 12.6 Å². The van der Waals surface area contributed by atoms with Gasteiger partial charge in [-0.1, -0.05) is 0 Å². The lowest BCUT2D eigenvalue weighted by Crippen LogP contribution is -2.42. The van der Waals surface area contributed by atoms with Crippen LogP contribution in [0.15, 0.2) is 0 Å². The third-order valence-corrected chi connectivity index (χ3v) is 2.11. The minimum absolute atomic E-state index is 0.155. The molecule has 0 saturated heterocycles. The summed E-state index contributed by atoms with van der Waals surface area (Å²) in [7, 11) is 0. The first kappa shape index (κ1) is 9.73. The first-order chi connectivity index (χ1) is 4.57. The Morgan fingerprint density at radius 1 is 2.00 bits per heavy atom. The van der Waals surface area contributed by atoms with Gasteiger partial charge in [0.1, 0.15) is 5.37 Å². The van der Waals surface area contributed by atoms with Crippen molar-refractivity contribution in [1.82, 2.24) is 5.32 Å². The van der Waals surface area contributed by atoms with Crippen LogP contribution in [0.5, 0.6) is 0 Å². The third-order valence-electron chi connectivity index (χ3n) is 0.726. The second kappa shape index (κ2) is 4.53. The Bertz CT molecular complexity index is 151. The van der Waals surface area contributed by atoms with Crippen molar-refractivity contribution in [2.75, 3.05) is 5.75 Å². The SMILES string of the molecule is N=C(N)N[C@@H](CS)S(=O)O. The molecule has 0 heterocycles. The maximum absolute atomic E-state index is 10.3. The molecule has 0 aromatic rings. The van der Waals surface area contributed by atoms with Gasteiger partial charge >= 0.3 is 0 Å². The monoisotopic (exact) mass is 183 g/mol. The minimum atomic E-state index is -2.03. The van der Waals surface area contributed by atoms with Gasteiger partial charge in [-0.25, -0.2) is 4.21 Å². The van der Waals surface area contributed by atoms with Gasteiger partial charge in [-0.2, -0.15) is 12.6 Å². The van der Waals surface area contributed by atoms with E-state index in [2.05, 4.69) is 17.9 Å². The molecule has 0 aliphatic carbocycles. The molecule has 0 aromatic carbocycles. The molecule has 10 heavy (non-hydrogen) atoms. The molecule has 0 aliphatic rings. The molecule has 0 bridgehead atoms. The van der Waals surface area contributed by atoms with Crippen LogP contribution in [0.25, 0.3) is 0 Å². The first-order valence-electron chi connectivity index (χ1n) is 2.39. The van der Waals surface area contributed by atoms with Crippen LogP contribution in [-0.2, 0) is 11.1 Å². The molecule has 2 atom stereocenters. The van der Waals surface area contributed by atoms with Crippen LogP contribution in [0.2, 0.25) is 0 Å². The third kappa shape index (κ3) is 3.70. The second-order valence-electron chi connectivity index (χ2n) is 1.51. The van der Waals surface area contributed by atoms with Crippen molar-refractivity contribution in [3.05, 3.63) is 0 Å². The number of rotatable bonds is 3. The molecule has 5 N–H and O–H groups in total. The van der Waals surface area contributed by atoms with Gasteiger partial charge in [0.2, 0.25) is 0 Å². The Kier molecular flexibility index (Phi) is 4.41. The van der Waals surface area contributed by atoms with Gasteiger partial charge in [-0.05, 0) is 0 Å². The molecule has 0 amide bonds. The van der Waals surface area contributed by atoms with E-state index < -0.39 is 16.5 Å². The van der Waals surface area contributed by atoms with Crippen molar-refractivity contribution in [3.63, 3.8) is 0 Å². The van der Waals surface area contributed by atoms with Crippen LogP contribution in [-0.4, -0.2) is 25.8 Å². The molecule has 1 unspecified atom stereocenters. The molecular weight excluding hydrogens is 174 g/mol. The number of hydrogen-bond acceptors (Lipinski definition) is 3. The predicted octanol–water partition coefficient (Wildman–Crippen LogP) is -1.05. The van der Waals surface area contributed by atoms with Crippen LogP contribution in [0.3, 0.4) is 0 Å². The van der Waals surface area contributed by atoms with Crippen LogP contribution in [0.4, 0.5) is 0 Å². The van der Waals surface area contributed by atoms with Crippen molar-refractivity contribution in [2.24, 2.45) is 5.73 Å². The Morgan fingerprint density at radius 3 is 2.60 bits per heavy atom. The highest BCUT2D eigenvalue weighted by atomic mass is 32.2. The Morgan fingerprint density at radius 2 is 2.50 bits per heavy atom. The lowest BCUT2D eigenvalue weighted by Gasteiger charge is -2.10. The van der Waals surface area contributed by atoms with E-state index in [-0.39, 0.29) is 11.7 Å². The van der Waals surface area contributed by atoms with E-state index in [0.29, 0.717) is 0 Å². The molecule has 60 valence electrons. The summed E-state index contributed by atoms with van der Waals surface area (Å²) < 4.78 is 18.8. The smallest absolute Gasteiger partial charge is 0.186 e. The fourth-order valence-corrected chi connectivity index (χ4v) is 1.16. The van der Waals surface area contributed by atoms with Gasteiger partial charge in [0.05, 0.1) is 0 Å². The summed E-state index contributed by atoms with van der Waals surface area (Å²) in [6.07, 6.45) is 0. The van der Waals surface area contributed by atoms with Crippen LogP contribution in [0.1, 0.15) is 0 Å². The summed E-state index contributed by atoms with van der Waals surface area (Å²) in [4.78, 5) is 0. The van der Waals surface area contributed by atoms with Crippen LogP contribution in [0, 0.1) is 5.41 Å². The van der Waals surface area contributed by atoms with E-state index in [1.54, 1.807) is 0 Å². The normalized spacial score (nSPS) is 15.8. The summed E-state index contributed by atoms with van der Waals surface area (Å²) in [5.74, 6) is -0.177. The maximum Gasteiger partial charge on any atom is 0.186 e. The molecule has 0 aromatic heterocycles. The van der Waals surface area contributed by atoms with E-state index in [0.717, 1.165) is 0 Å². The van der Waals surface area contributed by atoms with Crippen molar-refractivity contribution in [3.8, 4) is 0 Å². The highest BCUT2D eigenvalue weighted by Crippen LogP contribution is 1.90. The topological polar surface area (TPSA) is 99.2 Å². The minimum Gasteiger partial charge on any atom is -0.370 e. The Hall–Kier alpha value is -0.270. The molecule has 0 fully saturated rings. The fraction of sp³-hybridized carbons (Fsp3) is 0.667. The van der Waals surface area contributed by atoms with E-state index in [1.165, 1.54) is 0 Å². The second-order valence-corrected chi connectivity index (χ2v) is 2.99. The van der Waals surface area contributed by atoms with Gasteiger partial charge in [-0.3, -0.25) is 5.41 Å². The molecule has 0 saturated carbocycles. The van der Waals surface area contributed by atoms with Gasteiger partial charge in [0.25, 0.3) is 0 Å². The highest BCUT2D eigenvalue weighted by molar-refractivity contribution is 7.84. The summed E-state index contributed by atoms with van der Waals surface area (Å²) in [6.45, 7) is 0. The molecular formula is C3H9N3O2S2. The largest absolute Gasteiger partial charge is 0.370 e. The quantitative estimate of drug-likeness (QED) is 0.167. The lowest BCUT2D eigenvalue weighted by atomic mass is 10.7. The van der Waals surface area contributed by atoms with Crippen LogP contribution < -0.4 is 11.1 Å². The Balaban J connectivity index is 3.83. The summed E-state index contributed by atoms with van der Waals surface area (Å²) >= 11 is 1.73. The number of thiol groups is 1. The van der Waals surface area contributed by atoms with Gasteiger partial charge in [-0.15, -0.1) is 0 Å². The van der Waals surface area contributed by atoms with Crippen molar-refractivity contribution >= 4 is 29.7 Å². The van der Waals surface area contributed by atoms with Crippen molar-refractivity contribution in [2.45, 2.75) is 5.37 Å².